The van der Waals surface area contributed by atoms with Crippen LogP contribution in [0.25, 0.3) is 34.2 Å². The van der Waals surface area contributed by atoms with E-state index in [1.807, 2.05) is 60.3 Å². The SMILES string of the molecule is Cn1ccnc1-c1nc(-c2ccc(Cl)cc2)n(O)c1-c1ccccc1. The van der Waals surface area contributed by atoms with E-state index in [1.54, 1.807) is 18.3 Å². The molecule has 0 fully saturated rings. The molecule has 124 valence electrons. The number of halogens is 1. The number of aromatic nitrogens is 4. The predicted molar refractivity (Wildman–Crippen MR) is 97.5 cm³/mol. The molecule has 0 bridgehead atoms. The Morgan fingerprint density at radius 1 is 0.920 bits per heavy atom. The van der Waals surface area contributed by atoms with Crippen molar-refractivity contribution in [1.82, 2.24) is 19.3 Å². The van der Waals surface area contributed by atoms with Crippen molar-refractivity contribution >= 4 is 11.6 Å². The Morgan fingerprint density at radius 3 is 2.28 bits per heavy atom. The molecule has 4 rings (SSSR count). The summed E-state index contributed by atoms with van der Waals surface area (Å²) in [5.41, 5.74) is 2.84. The van der Waals surface area contributed by atoms with Crippen LogP contribution < -0.4 is 0 Å². The van der Waals surface area contributed by atoms with Gasteiger partial charge in [-0.1, -0.05) is 41.9 Å². The Hall–Kier alpha value is -3.05. The number of hydrogen-bond acceptors (Lipinski definition) is 3. The quantitative estimate of drug-likeness (QED) is 0.553. The van der Waals surface area contributed by atoms with Crippen LogP contribution in [0.4, 0.5) is 0 Å². The Labute approximate surface area is 149 Å². The molecule has 0 atom stereocenters. The van der Waals surface area contributed by atoms with Crippen LogP contribution in [-0.4, -0.2) is 24.5 Å². The summed E-state index contributed by atoms with van der Waals surface area (Å²) in [4.78, 5) is 9.07. The van der Waals surface area contributed by atoms with Crippen molar-refractivity contribution in [2.75, 3.05) is 0 Å². The van der Waals surface area contributed by atoms with Gasteiger partial charge in [0.1, 0.15) is 11.4 Å². The molecule has 0 aliphatic rings. The minimum absolute atomic E-state index is 0.438. The largest absolute Gasteiger partial charge is 0.426 e. The zero-order valence-corrected chi connectivity index (χ0v) is 14.2. The number of aryl methyl sites for hydroxylation is 1. The highest BCUT2D eigenvalue weighted by molar-refractivity contribution is 6.30. The van der Waals surface area contributed by atoms with E-state index in [-0.39, 0.29) is 0 Å². The van der Waals surface area contributed by atoms with Crippen LogP contribution in [0, 0.1) is 0 Å². The third-order valence-electron chi connectivity index (χ3n) is 4.04. The molecule has 6 heteroatoms. The van der Waals surface area contributed by atoms with Crippen LogP contribution in [-0.2, 0) is 7.05 Å². The molecule has 5 nitrogen and oxygen atoms in total. The van der Waals surface area contributed by atoms with Crippen LogP contribution >= 0.6 is 11.6 Å². The van der Waals surface area contributed by atoms with Crippen LogP contribution in [0.15, 0.2) is 67.0 Å². The molecule has 2 aromatic carbocycles. The predicted octanol–water partition coefficient (Wildman–Crippen LogP) is 4.51. The molecule has 0 unspecified atom stereocenters. The summed E-state index contributed by atoms with van der Waals surface area (Å²) >= 11 is 5.97. The number of benzene rings is 2. The molecule has 2 heterocycles. The molecule has 4 aromatic rings. The van der Waals surface area contributed by atoms with Crippen LogP contribution in [0.2, 0.25) is 5.02 Å². The van der Waals surface area contributed by atoms with Gasteiger partial charge in [0.15, 0.2) is 11.6 Å². The standard InChI is InChI=1S/C19H15ClN4O/c1-23-12-11-21-19(23)16-17(13-5-3-2-4-6-13)24(25)18(22-16)14-7-9-15(20)10-8-14/h2-12,25H,1H3. The lowest BCUT2D eigenvalue weighted by Crippen LogP contribution is -1.98. The first-order chi connectivity index (χ1) is 12.1. The van der Waals surface area contributed by atoms with Crippen molar-refractivity contribution in [2.45, 2.75) is 0 Å². The lowest BCUT2D eigenvalue weighted by Gasteiger charge is -2.06. The molecule has 0 amide bonds. The van der Waals surface area contributed by atoms with Gasteiger partial charge in [0, 0.05) is 35.6 Å². The van der Waals surface area contributed by atoms with Gasteiger partial charge in [0.05, 0.1) is 0 Å². The number of nitrogens with zero attached hydrogens (tertiary/aromatic N) is 4. The van der Waals surface area contributed by atoms with E-state index in [4.69, 9.17) is 11.6 Å². The van der Waals surface area contributed by atoms with Crippen molar-refractivity contribution in [2.24, 2.45) is 7.05 Å². The fraction of sp³-hybridized carbons (Fsp3) is 0.0526. The van der Waals surface area contributed by atoms with Crippen LogP contribution in [0.5, 0.6) is 0 Å². The summed E-state index contributed by atoms with van der Waals surface area (Å²) in [6, 6.07) is 16.8. The van der Waals surface area contributed by atoms with Gasteiger partial charge < -0.3 is 9.77 Å². The molecular weight excluding hydrogens is 336 g/mol. The van der Waals surface area contributed by atoms with Crippen molar-refractivity contribution in [3.8, 4) is 34.2 Å². The van der Waals surface area contributed by atoms with E-state index in [1.165, 1.54) is 0 Å². The van der Waals surface area contributed by atoms with Gasteiger partial charge in [-0.25, -0.2) is 9.97 Å². The smallest absolute Gasteiger partial charge is 0.176 e. The van der Waals surface area contributed by atoms with Gasteiger partial charge in [0.25, 0.3) is 0 Å². The van der Waals surface area contributed by atoms with E-state index in [0.29, 0.717) is 28.1 Å². The van der Waals surface area contributed by atoms with Gasteiger partial charge in [-0.05, 0) is 24.3 Å². The lowest BCUT2D eigenvalue weighted by molar-refractivity contribution is 0.195. The maximum absolute atomic E-state index is 10.9. The maximum atomic E-state index is 10.9. The first-order valence-electron chi connectivity index (χ1n) is 7.76. The molecule has 0 saturated heterocycles. The minimum atomic E-state index is 0.438. The monoisotopic (exact) mass is 350 g/mol. The fourth-order valence-corrected chi connectivity index (χ4v) is 2.93. The maximum Gasteiger partial charge on any atom is 0.176 e. The van der Waals surface area contributed by atoms with E-state index < -0.39 is 0 Å². The molecular formula is C19H15ClN4O. The number of hydrogen-bond donors (Lipinski definition) is 1. The topological polar surface area (TPSA) is 55.9 Å². The molecule has 0 aliphatic heterocycles. The second kappa shape index (κ2) is 6.11. The van der Waals surface area contributed by atoms with Crippen molar-refractivity contribution in [1.29, 1.82) is 0 Å². The van der Waals surface area contributed by atoms with E-state index >= 15 is 0 Å². The summed E-state index contributed by atoms with van der Waals surface area (Å²) in [7, 11) is 1.90. The highest BCUT2D eigenvalue weighted by Gasteiger charge is 2.23. The number of rotatable bonds is 3. The fourth-order valence-electron chi connectivity index (χ4n) is 2.80. The average molecular weight is 351 g/mol. The van der Waals surface area contributed by atoms with Crippen LogP contribution in [0.1, 0.15) is 0 Å². The Kier molecular flexibility index (Phi) is 3.78. The molecule has 2 aromatic heterocycles. The molecule has 25 heavy (non-hydrogen) atoms. The van der Waals surface area contributed by atoms with Crippen molar-refractivity contribution in [3.05, 3.63) is 72.0 Å². The molecule has 0 spiro atoms. The second-order valence-corrected chi connectivity index (χ2v) is 6.12. The van der Waals surface area contributed by atoms with Gasteiger partial charge >= 0.3 is 0 Å². The zero-order chi connectivity index (χ0) is 17.4. The van der Waals surface area contributed by atoms with Gasteiger partial charge in [-0.15, -0.1) is 0 Å². The molecule has 1 N–H and O–H groups in total. The van der Waals surface area contributed by atoms with E-state index in [0.717, 1.165) is 15.9 Å². The van der Waals surface area contributed by atoms with E-state index in [2.05, 4.69) is 9.97 Å². The zero-order valence-electron chi connectivity index (χ0n) is 13.5. The third-order valence-corrected chi connectivity index (χ3v) is 4.29. The van der Waals surface area contributed by atoms with Gasteiger partial charge in [-0.3, -0.25) is 0 Å². The number of imidazole rings is 2. The average Bonchev–Trinajstić information content (AvgIpc) is 3.19. The highest BCUT2D eigenvalue weighted by Crippen LogP contribution is 2.34. The highest BCUT2D eigenvalue weighted by atomic mass is 35.5. The second-order valence-electron chi connectivity index (χ2n) is 5.68. The summed E-state index contributed by atoms with van der Waals surface area (Å²) in [6.45, 7) is 0. The lowest BCUT2D eigenvalue weighted by atomic mass is 10.1. The normalized spacial score (nSPS) is 11.0. The summed E-state index contributed by atoms with van der Waals surface area (Å²) in [5.74, 6) is 1.12. The Morgan fingerprint density at radius 2 is 1.64 bits per heavy atom. The first-order valence-corrected chi connectivity index (χ1v) is 8.14. The van der Waals surface area contributed by atoms with Crippen molar-refractivity contribution < 1.29 is 5.21 Å². The van der Waals surface area contributed by atoms with Gasteiger partial charge in [0.2, 0.25) is 0 Å². The summed E-state index contributed by atoms with van der Waals surface area (Å²) < 4.78 is 2.99. The Bertz CT molecular complexity index is 1020. The minimum Gasteiger partial charge on any atom is -0.426 e. The van der Waals surface area contributed by atoms with Crippen molar-refractivity contribution in [3.63, 3.8) is 0 Å². The molecule has 0 radical (unpaired) electrons. The van der Waals surface area contributed by atoms with Crippen LogP contribution in [0.3, 0.4) is 0 Å². The summed E-state index contributed by atoms with van der Waals surface area (Å²) in [6.07, 6.45) is 3.56. The first kappa shape index (κ1) is 15.5. The molecule has 0 saturated carbocycles. The summed E-state index contributed by atoms with van der Waals surface area (Å²) in [5, 5.41) is 11.5. The molecule has 0 aliphatic carbocycles. The third kappa shape index (κ3) is 2.68. The Balaban J connectivity index is 1.98. The van der Waals surface area contributed by atoms with E-state index in [9.17, 15) is 5.21 Å². The van der Waals surface area contributed by atoms with Gasteiger partial charge in [-0.2, -0.15) is 4.73 Å².